The first-order valence-corrected chi connectivity index (χ1v) is 8.55. The lowest BCUT2D eigenvalue weighted by Crippen LogP contribution is -2.23. The van der Waals surface area contributed by atoms with Crippen molar-refractivity contribution in [3.8, 4) is 11.5 Å². The monoisotopic (exact) mass is 377 g/mol. The lowest BCUT2D eigenvalue weighted by Gasteiger charge is -2.12. The summed E-state index contributed by atoms with van der Waals surface area (Å²) in [5.41, 5.74) is 0.519. The van der Waals surface area contributed by atoms with Gasteiger partial charge in [0, 0.05) is 11.6 Å². The molecule has 9 heteroatoms. The summed E-state index contributed by atoms with van der Waals surface area (Å²) < 4.78 is 60.6. The molecule has 1 N–H and O–H groups in total. The number of methoxy groups -OCH3 is 1. The van der Waals surface area contributed by atoms with Gasteiger partial charge in [-0.3, -0.25) is 0 Å². The normalized spacial score (nSPS) is 11.5. The number of hydrogen-bond donors (Lipinski definition) is 1. The van der Waals surface area contributed by atoms with Crippen LogP contribution in [0.3, 0.4) is 0 Å². The van der Waals surface area contributed by atoms with Gasteiger partial charge in [0.25, 0.3) is 0 Å². The van der Waals surface area contributed by atoms with Crippen LogP contribution in [0.2, 0.25) is 5.02 Å². The van der Waals surface area contributed by atoms with Crippen LogP contribution in [0, 0.1) is 0 Å². The molecule has 0 saturated carbocycles. The summed E-state index contributed by atoms with van der Waals surface area (Å²) in [5.74, 6) is -0.0460. The summed E-state index contributed by atoms with van der Waals surface area (Å²) >= 11 is 5.72. The maximum Gasteiger partial charge on any atom is 0.387 e. The first kappa shape index (κ1) is 18.4. The van der Waals surface area contributed by atoms with Gasteiger partial charge in [-0.2, -0.15) is 8.78 Å². The second kappa shape index (κ2) is 7.78. The molecule has 2 aromatic rings. The van der Waals surface area contributed by atoms with Crippen LogP contribution in [0.1, 0.15) is 5.56 Å². The minimum absolute atomic E-state index is 0.0454. The lowest BCUT2D eigenvalue weighted by atomic mass is 10.2. The van der Waals surface area contributed by atoms with Crippen LogP contribution in [-0.2, 0) is 16.6 Å². The zero-order valence-electron chi connectivity index (χ0n) is 12.5. The molecule has 0 bridgehead atoms. The Hall–Kier alpha value is -1.90. The summed E-state index contributed by atoms with van der Waals surface area (Å²) in [6.07, 6.45) is 0. The molecule has 0 saturated heterocycles. The van der Waals surface area contributed by atoms with E-state index in [1.165, 1.54) is 49.6 Å². The Kier molecular flexibility index (Phi) is 5.98. The summed E-state index contributed by atoms with van der Waals surface area (Å²) in [5, 5.41) is 0.424. The molecule has 5 nitrogen and oxygen atoms in total. The van der Waals surface area contributed by atoms with E-state index in [9.17, 15) is 17.2 Å². The van der Waals surface area contributed by atoms with Crippen molar-refractivity contribution in [2.45, 2.75) is 18.1 Å². The van der Waals surface area contributed by atoms with Crippen molar-refractivity contribution in [1.29, 1.82) is 0 Å². The van der Waals surface area contributed by atoms with Crippen molar-refractivity contribution in [2.24, 2.45) is 0 Å². The third kappa shape index (κ3) is 4.80. The number of halogens is 3. The molecule has 0 atom stereocenters. The van der Waals surface area contributed by atoms with E-state index < -0.39 is 16.6 Å². The Bertz CT molecular complexity index is 798. The van der Waals surface area contributed by atoms with Crippen LogP contribution >= 0.6 is 11.6 Å². The van der Waals surface area contributed by atoms with Crippen LogP contribution in [-0.4, -0.2) is 22.1 Å². The van der Waals surface area contributed by atoms with Gasteiger partial charge in [0.15, 0.2) is 11.5 Å². The number of ether oxygens (including phenoxy) is 2. The van der Waals surface area contributed by atoms with E-state index in [1.54, 1.807) is 0 Å². The van der Waals surface area contributed by atoms with Gasteiger partial charge in [0.05, 0.1) is 12.0 Å². The van der Waals surface area contributed by atoms with Crippen LogP contribution < -0.4 is 14.2 Å². The SMILES string of the molecule is COc1cc(CNS(=O)(=O)c2ccc(Cl)cc2)ccc1OC(F)F. The smallest absolute Gasteiger partial charge is 0.387 e. The van der Waals surface area contributed by atoms with Crippen LogP contribution in [0.15, 0.2) is 47.4 Å². The first-order valence-electron chi connectivity index (χ1n) is 6.69. The van der Waals surface area contributed by atoms with Crippen LogP contribution in [0.25, 0.3) is 0 Å². The number of sulfonamides is 1. The van der Waals surface area contributed by atoms with Gasteiger partial charge in [-0.15, -0.1) is 0 Å². The Morgan fingerprint density at radius 2 is 1.79 bits per heavy atom. The molecule has 24 heavy (non-hydrogen) atoms. The zero-order chi connectivity index (χ0) is 17.7. The molecule has 0 amide bonds. The second-order valence-corrected chi connectivity index (χ2v) is 6.85. The highest BCUT2D eigenvalue weighted by Gasteiger charge is 2.15. The largest absolute Gasteiger partial charge is 0.493 e. The van der Waals surface area contributed by atoms with E-state index in [4.69, 9.17) is 16.3 Å². The van der Waals surface area contributed by atoms with E-state index >= 15 is 0 Å². The molecule has 0 aromatic heterocycles. The van der Waals surface area contributed by atoms with Gasteiger partial charge in [0.1, 0.15) is 0 Å². The number of benzene rings is 2. The van der Waals surface area contributed by atoms with Gasteiger partial charge in [-0.25, -0.2) is 13.1 Å². The standard InChI is InChI=1S/C15H14ClF2NO4S/c1-22-14-8-10(2-7-13(14)23-15(17)18)9-19-24(20,21)12-5-3-11(16)4-6-12/h2-8,15,19H,9H2,1H3. The van der Waals surface area contributed by atoms with Gasteiger partial charge in [-0.05, 0) is 42.0 Å². The Morgan fingerprint density at radius 3 is 2.38 bits per heavy atom. The van der Waals surface area contributed by atoms with Crippen molar-refractivity contribution in [2.75, 3.05) is 7.11 Å². The van der Waals surface area contributed by atoms with Crippen molar-refractivity contribution in [3.63, 3.8) is 0 Å². The van der Waals surface area contributed by atoms with Crippen molar-refractivity contribution in [1.82, 2.24) is 4.72 Å². The quantitative estimate of drug-likeness (QED) is 0.803. The molecule has 2 rings (SSSR count). The predicted octanol–water partition coefficient (Wildman–Crippen LogP) is 3.43. The van der Waals surface area contributed by atoms with E-state index in [1.807, 2.05) is 0 Å². The molecule has 0 aliphatic carbocycles. The van der Waals surface area contributed by atoms with Crippen LogP contribution in [0.4, 0.5) is 8.78 Å². The average molecular weight is 378 g/mol. The number of nitrogens with one attached hydrogen (secondary N) is 1. The topological polar surface area (TPSA) is 64.6 Å². The van der Waals surface area contributed by atoms with Crippen molar-refractivity contribution < 1.29 is 26.7 Å². The average Bonchev–Trinajstić information content (AvgIpc) is 2.54. The van der Waals surface area contributed by atoms with Crippen molar-refractivity contribution >= 4 is 21.6 Å². The highest BCUT2D eigenvalue weighted by Crippen LogP contribution is 2.29. The number of alkyl halides is 2. The minimum Gasteiger partial charge on any atom is -0.493 e. The van der Waals surface area contributed by atoms with E-state index in [2.05, 4.69) is 9.46 Å². The molecule has 2 aromatic carbocycles. The molecule has 130 valence electrons. The van der Waals surface area contributed by atoms with Crippen LogP contribution in [0.5, 0.6) is 11.5 Å². The zero-order valence-corrected chi connectivity index (χ0v) is 14.1. The second-order valence-electron chi connectivity index (χ2n) is 4.64. The number of rotatable bonds is 7. The van der Waals surface area contributed by atoms with E-state index in [0.29, 0.717) is 10.6 Å². The summed E-state index contributed by atoms with van der Waals surface area (Å²) in [6.45, 7) is -3.02. The summed E-state index contributed by atoms with van der Waals surface area (Å²) in [4.78, 5) is 0.0662. The van der Waals surface area contributed by atoms with E-state index in [0.717, 1.165) is 0 Å². The molecule has 0 fully saturated rings. The maximum absolute atomic E-state index is 12.3. The third-order valence-corrected chi connectivity index (χ3v) is 4.70. The number of hydrogen-bond acceptors (Lipinski definition) is 4. The minimum atomic E-state index is -3.72. The molecule has 0 aliphatic heterocycles. The Morgan fingerprint density at radius 1 is 1.12 bits per heavy atom. The molecule has 0 aliphatic rings. The van der Waals surface area contributed by atoms with Gasteiger partial charge < -0.3 is 9.47 Å². The molecular formula is C15H14ClF2NO4S. The van der Waals surface area contributed by atoms with Gasteiger partial charge >= 0.3 is 6.61 Å². The summed E-state index contributed by atoms with van der Waals surface area (Å²) in [6, 6.07) is 9.87. The highest BCUT2D eigenvalue weighted by molar-refractivity contribution is 7.89. The highest BCUT2D eigenvalue weighted by atomic mass is 35.5. The first-order chi connectivity index (χ1) is 11.3. The fraction of sp³-hybridized carbons (Fsp3) is 0.200. The van der Waals surface area contributed by atoms with Gasteiger partial charge in [0.2, 0.25) is 10.0 Å². The molecular weight excluding hydrogens is 364 g/mol. The van der Waals surface area contributed by atoms with E-state index in [-0.39, 0.29) is 22.9 Å². The lowest BCUT2D eigenvalue weighted by molar-refractivity contribution is -0.0512. The molecule has 0 radical (unpaired) electrons. The maximum atomic E-state index is 12.3. The third-order valence-electron chi connectivity index (χ3n) is 3.03. The predicted molar refractivity (Wildman–Crippen MR) is 85.1 cm³/mol. The summed E-state index contributed by atoms with van der Waals surface area (Å²) in [7, 11) is -2.42. The van der Waals surface area contributed by atoms with Crippen molar-refractivity contribution in [3.05, 3.63) is 53.1 Å². The fourth-order valence-electron chi connectivity index (χ4n) is 1.89. The Labute approximate surface area is 143 Å². The molecule has 0 unspecified atom stereocenters. The Balaban J connectivity index is 2.12. The fourth-order valence-corrected chi connectivity index (χ4v) is 3.03. The molecule has 0 heterocycles. The molecule has 0 spiro atoms. The van der Waals surface area contributed by atoms with Gasteiger partial charge in [-0.1, -0.05) is 17.7 Å².